The molecule has 0 bridgehead atoms. The summed E-state index contributed by atoms with van der Waals surface area (Å²) in [5, 5.41) is 6.43. The van der Waals surface area contributed by atoms with Crippen molar-refractivity contribution in [3.05, 3.63) is 356 Å². The topological polar surface area (TPSA) is 28.2 Å². The number of hydrogen-bond acceptors (Lipinski definition) is 0. The van der Waals surface area contributed by atoms with Crippen LogP contribution in [0.25, 0.3) is 94.4 Å². The van der Waals surface area contributed by atoms with Crippen LogP contribution >= 0.6 is 0 Å². The Hall–Kier alpha value is -11.3. The highest BCUT2D eigenvalue weighted by Crippen LogP contribution is 2.29. The SMILES string of the molecule is Cc1ccccc1-c1c2ccccc2cc[n+]1C.Cc1ccccc1-c1cc2ccccc2c[n+]1C.Cc1ccccc1-c1ccc2ccccc2[n+]1C.Cc1ccccc1-c1cccc[n+]1C.Cc1ccccc1-c1cccc[n+]1C.Cc1ccccc1-n1ccc[n+]1C. The summed E-state index contributed by atoms with van der Waals surface area (Å²) in [7, 11) is 12.5. The summed E-state index contributed by atoms with van der Waals surface area (Å²) >= 11 is 0. The number of aromatic nitrogens is 7. The molecule has 0 N–H and O–H groups in total. The van der Waals surface area contributed by atoms with Gasteiger partial charge in [0.15, 0.2) is 38.0 Å². The summed E-state index contributed by atoms with van der Waals surface area (Å²) in [5.74, 6) is 0. The third kappa shape index (κ3) is 16.3. The Labute approximate surface area is 562 Å². The molecule has 6 aromatic heterocycles. The molecule has 470 valence electrons. The predicted molar refractivity (Wildman–Crippen MR) is 393 cm³/mol. The second-order valence-corrected chi connectivity index (χ2v) is 24.3. The van der Waals surface area contributed by atoms with Gasteiger partial charge in [0, 0.05) is 93.2 Å². The molecule has 9 aromatic carbocycles. The molecular weight excluding hydrogens is 1160 g/mol. The fourth-order valence-electron chi connectivity index (χ4n) is 12.2. The molecule has 0 saturated heterocycles. The van der Waals surface area contributed by atoms with E-state index in [1.165, 1.54) is 128 Å². The molecule has 15 rings (SSSR count). The number of para-hydroxylation sites is 2. The predicted octanol–water partition coefficient (Wildman–Crippen LogP) is 17.5. The summed E-state index contributed by atoms with van der Waals surface area (Å²) in [6.45, 7) is 12.9. The van der Waals surface area contributed by atoms with E-state index in [1.54, 1.807) is 0 Å². The third-order valence-electron chi connectivity index (χ3n) is 17.6. The van der Waals surface area contributed by atoms with Gasteiger partial charge in [-0.05, 0) is 158 Å². The molecule has 15 aromatic rings. The van der Waals surface area contributed by atoms with Crippen LogP contribution in [0.2, 0.25) is 0 Å². The molecule has 0 spiro atoms. The standard InChI is InChI=1S/3C17H16N.2C13H14N.C11H13N2/c1-13-7-3-6-10-16(13)17-11-14-8-4-5-9-15(14)12-18(17)2;1-13-7-3-5-9-15(13)17-16-10-6-4-8-14(16)11-12-18(17)2;1-13-7-3-5-9-15(13)17-12-11-14-8-4-6-10-16(14)18(17)2;2*1-11-7-3-4-8-12(11)13-9-5-6-10-14(13)2;1-10-6-3-4-7-11(10)13-9-5-8-12(13)2/h3*3-12H,1-2H3;2*3-10H,1-2H3;3-9H,1-2H3/q6*+1. The fraction of sp³-hybridized carbons (Fsp3) is 0.136. The minimum atomic E-state index is 1.23. The number of benzene rings is 9. The minimum Gasteiger partial charge on any atom is -0.201 e. The molecule has 0 saturated carbocycles. The van der Waals surface area contributed by atoms with Crippen LogP contribution < -0.4 is 27.5 Å². The van der Waals surface area contributed by atoms with Gasteiger partial charge >= 0.3 is 0 Å². The van der Waals surface area contributed by atoms with Crippen molar-refractivity contribution in [3.8, 4) is 62.0 Å². The molecule has 0 aliphatic rings. The van der Waals surface area contributed by atoms with Crippen LogP contribution in [0.1, 0.15) is 33.4 Å². The van der Waals surface area contributed by atoms with Gasteiger partial charge in [-0.2, -0.15) is 4.57 Å². The Bertz CT molecular complexity index is 4850. The lowest BCUT2D eigenvalue weighted by Crippen LogP contribution is -2.36. The first-order valence-electron chi connectivity index (χ1n) is 32.6. The summed E-state index contributed by atoms with van der Waals surface area (Å²) in [6, 6.07) is 99.7. The van der Waals surface area contributed by atoms with Crippen LogP contribution in [0.4, 0.5) is 0 Å². The maximum atomic E-state index is 2.26. The van der Waals surface area contributed by atoms with Gasteiger partial charge in [-0.3, -0.25) is 0 Å². The molecule has 7 nitrogen and oxygen atoms in total. The van der Waals surface area contributed by atoms with Crippen molar-refractivity contribution in [1.29, 1.82) is 0 Å². The first kappa shape index (κ1) is 66.6. The molecule has 0 unspecified atom stereocenters. The Morgan fingerprint density at radius 2 is 0.684 bits per heavy atom. The van der Waals surface area contributed by atoms with Gasteiger partial charge in [-0.1, -0.05) is 158 Å². The van der Waals surface area contributed by atoms with Crippen molar-refractivity contribution >= 4 is 32.4 Å². The molecule has 0 fully saturated rings. The van der Waals surface area contributed by atoms with E-state index in [9.17, 15) is 0 Å². The van der Waals surface area contributed by atoms with Crippen molar-refractivity contribution in [2.45, 2.75) is 41.5 Å². The fourth-order valence-corrected chi connectivity index (χ4v) is 12.2. The number of fused-ring (bicyclic) bond motifs is 3. The molecular formula is C88H89N7+6. The zero-order valence-electron chi connectivity index (χ0n) is 57.2. The zero-order valence-corrected chi connectivity index (χ0v) is 57.2. The monoisotopic (exact) mass is 1240 g/mol. The average Bonchev–Trinajstić information content (AvgIpc) is 1.35. The number of hydrogen-bond donors (Lipinski definition) is 0. The van der Waals surface area contributed by atoms with Gasteiger partial charge in [0.25, 0.3) is 0 Å². The van der Waals surface area contributed by atoms with Gasteiger partial charge < -0.3 is 0 Å². The van der Waals surface area contributed by atoms with E-state index in [0.29, 0.717) is 0 Å². The Morgan fingerprint density at radius 3 is 1.19 bits per heavy atom. The van der Waals surface area contributed by atoms with Crippen molar-refractivity contribution in [2.75, 3.05) is 0 Å². The van der Waals surface area contributed by atoms with Gasteiger partial charge in [0.1, 0.15) is 40.9 Å². The van der Waals surface area contributed by atoms with E-state index in [0.717, 1.165) is 0 Å². The van der Waals surface area contributed by atoms with Crippen LogP contribution in [0.15, 0.2) is 322 Å². The highest BCUT2D eigenvalue weighted by molar-refractivity contribution is 5.93. The minimum absolute atomic E-state index is 1.23. The van der Waals surface area contributed by atoms with Crippen LogP contribution in [0, 0.1) is 41.5 Å². The molecule has 0 aliphatic carbocycles. The smallest absolute Gasteiger partial charge is 0.201 e. The normalized spacial score (nSPS) is 10.5. The Morgan fingerprint density at radius 1 is 0.263 bits per heavy atom. The third-order valence-corrected chi connectivity index (χ3v) is 17.6. The first-order chi connectivity index (χ1) is 46.2. The summed E-state index contributed by atoms with van der Waals surface area (Å²) < 4.78 is 15.1. The van der Waals surface area contributed by atoms with Crippen molar-refractivity contribution in [1.82, 2.24) is 4.68 Å². The first-order valence-corrected chi connectivity index (χ1v) is 32.6. The second kappa shape index (κ2) is 31.8. The number of nitrogens with zero attached hydrogens (tertiary/aromatic N) is 7. The molecule has 7 heteroatoms. The van der Waals surface area contributed by atoms with Crippen molar-refractivity contribution < 1.29 is 27.5 Å². The average molecular weight is 1240 g/mol. The van der Waals surface area contributed by atoms with Crippen LogP contribution in [0.3, 0.4) is 0 Å². The molecule has 6 heterocycles. The lowest BCUT2D eigenvalue weighted by atomic mass is 10.00. The molecule has 0 atom stereocenters. The Balaban J connectivity index is 0.000000125. The van der Waals surface area contributed by atoms with E-state index >= 15 is 0 Å². The van der Waals surface area contributed by atoms with E-state index in [-0.39, 0.29) is 0 Å². The van der Waals surface area contributed by atoms with E-state index in [4.69, 9.17) is 0 Å². The van der Waals surface area contributed by atoms with E-state index in [1.807, 2.05) is 31.4 Å². The largest absolute Gasteiger partial charge is 0.220 e. The van der Waals surface area contributed by atoms with Crippen molar-refractivity contribution in [2.24, 2.45) is 42.3 Å². The zero-order chi connectivity index (χ0) is 66.8. The van der Waals surface area contributed by atoms with Crippen molar-refractivity contribution in [3.63, 3.8) is 0 Å². The second-order valence-electron chi connectivity index (χ2n) is 24.3. The molecule has 0 aliphatic heterocycles. The number of pyridine rings is 5. The van der Waals surface area contributed by atoms with Crippen LogP contribution in [-0.2, 0) is 42.3 Å². The highest BCUT2D eigenvalue weighted by atomic mass is 15.4. The maximum Gasteiger partial charge on any atom is 0.220 e. The van der Waals surface area contributed by atoms with Gasteiger partial charge in [0.2, 0.25) is 34.0 Å². The van der Waals surface area contributed by atoms with Crippen LogP contribution in [-0.4, -0.2) is 4.68 Å². The van der Waals surface area contributed by atoms with Crippen LogP contribution in [0.5, 0.6) is 0 Å². The number of rotatable bonds is 6. The number of aryl methyl sites for hydroxylation is 12. The molecule has 0 radical (unpaired) electrons. The van der Waals surface area contributed by atoms with E-state index < -0.39 is 0 Å². The molecule has 0 amide bonds. The highest BCUT2D eigenvalue weighted by Gasteiger charge is 2.19. The quantitative estimate of drug-likeness (QED) is 0.148. The Kier molecular flexibility index (Phi) is 22.3. The van der Waals surface area contributed by atoms with E-state index in [2.05, 4.69) is 407 Å². The van der Waals surface area contributed by atoms with Gasteiger partial charge in [-0.15, -0.1) is 9.36 Å². The summed E-state index contributed by atoms with van der Waals surface area (Å²) in [6.07, 6.45) is 12.6. The lowest BCUT2D eigenvalue weighted by Gasteiger charge is -2.07. The van der Waals surface area contributed by atoms with Gasteiger partial charge in [-0.25, -0.2) is 18.3 Å². The van der Waals surface area contributed by atoms with Gasteiger partial charge in [0.05, 0.1) is 11.6 Å². The molecule has 95 heavy (non-hydrogen) atoms. The summed E-state index contributed by atoms with van der Waals surface area (Å²) in [5.41, 5.74) is 23.1. The summed E-state index contributed by atoms with van der Waals surface area (Å²) in [4.78, 5) is 0. The lowest BCUT2D eigenvalue weighted by molar-refractivity contribution is -0.744. The maximum absolute atomic E-state index is 2.26.